The maximum atomic E-state index is 11.8. The molecule has 11 heteroatoms. The summed E-state index contributed by atoms with van der Waals surface area (Å²) in [7, 11) is 0. The quantitative estimate of drug-likeness (QED) is 0.480. The Bertz CT molecular complexity index is 683. The first kappa shape index (κ1) is 16.9. The second-order valence-corrected chi connectivity index (χ2v) is 9.45. The monoisotopic (exact) mass is 353 g/mol. The summed E-state index contributed by atoms with van der Waals surface area (Å²) in [5.41, 5.74) is -4.09. The number of hydrogen-bond acceptors (Lipinski definition) is 7. The van der Waals surface area contributed by atoms with Gasteiger partial charge in [0.25, 0.3) is 5.56 Å². The Labute approximate surface area is 130 Å². The van der Waals surface area contributed by atoms with Crippen LogP contribution in [0.4, 0.5) is 0 Å². The fraction of sp³-hybridized carbons (Fsp3) is 0.600. The molecule has 1 unspecified atom stereocenters. The molecule has 21 heavy (non-hydrogen) atoms. The van der Waals surface area contributed by atoms with E-state index in [1.54, 1.807) is 6.92 Å². The largest absolute Gasteiger partial charge is 0.692 e. The van der Waals surface area contributed by atoms with Gasteiger partial charge in [-0.3, -0.25) is 14.3 Å². The van der Waals surface area contributed by atoms with Gasteiger partial charge in [0.1, 0.15) is 12.3 Å². The number of H-pyrrole nitrogens is 1. The van der Waals surface area contributed by atoms with Crippen molar-refractivity contribution < 1.29 is 19.3 Å². The summed E-state index contributed by atoms with van der Waals surface area (Å²) in [5, 5.41) is 9.28. The highest BCUT2D eigenvalue weighted by molar-refractivity contribution is 8.51. The van der Waals surface area contributed by atoms with Gasteiger partial charge in [-0.05, 0) is 6.92 Å². The second kappa shape index (κ2) is 6.33. The first-order valence-corrected chi connectivity index (χ1v) is 9.70. The van der Waals surface area contributed by atoms with Gasteiger partial charge in [-0.2, -0.15) is 0 Å². The molecule has 2 rings (SSSR count). The molecular formula is C10H14N2O6PS2-. The minimum absolute atomic E-state index is 0.173. The van der Waals surface area contributed by atoms with Crippen LogP contribution < -0.4 is 11.2 Å². The molecule has 4 atom stereocenters. The molecule has 1 saturated heterocycles. The summed E-state index contributed by atoms with van der Waals surface area (Å²) < 4.78 is 11.9. The topological polar surface area (TPSA) is 114 Å². The van der Waals surface area contributed by atoms with Gasteiger partial charge in [0.15, 0.2) is 0 Å². The van der Waals surface area contributed by atoms with E-state index in [-0.39, 0.29) is 13.0 Å². The van der Waals surface area contributed by atoms with Crippen molar-refractivity contribution in [2.24, 2.45) is 0 Å². The van der Waals surface area contributed by atoms with E-state index in [2.05, 4.69) is 29.0 Å². The zero-order valence-electron chi connectivity index (χ0n) is 11.0. The van der Waals surface area contributed by atoms with E-state index < -0.39 is 35.4 Å². The number of aliphatic hydroxyl groups excluding tert-OH is 1. The maximum absolute atomic E-state index is 11.8. The van der Waals surface area contributed by atoms with Crippen molar-refractivity contribution in [1.29, 1.82) is 0 Å². The van der Waals surface area contributed by atoms with Crippen LogP contribution in [-0.4, -0.2) is 38.4 Å². The Kier molecular flexibility index (Phi) is 5.09. The molecule has 0 saturated carbocycles. The standard InChI is InChI=1S/C10H15N2O6PS2/c1-5-3-12(10(15)11-9(5)14)8-2-6(7(4-13)17-8)18-19(16,20)21/h3,6-8,13H,2,4H2,1H3,(H,11,14,15)(H2,16,20,21)/p-1/t6-,7+,8+/m0/s1. The van der Waals surface area contributed by atoms with Crippen LogP contribution in [-0.2, 0) is 33.3 Å². The average molecular weight is 353 g/mol. The van der Waals surface area contributed by atoms with E-state index in [0.717, 1.165) is 0 Å². The first-order chi connectivity index (χ1) is 9.71. The Hall–Kier alpha value is -0.480. The maximum Gasteiger partial charge on any atom is 0.330 e. The molecule has 0 bridgehead atoms. The van der Waals surface area contributed by atoms with Gasteiger partial charge >= 0.3 is 5.69 Å². The number of aromatic amines is 1. The van der Waals surface area contributed by atoms with Gasteiger partial charge in [0, 0.05) is 18.2 Å². The SMILES string of the molecule is Cc1cn([C@H]2C[C@H](OP(O)(=S)[S-])[C@@H](CO)O2)c(=O)[nH]c1=O. The van der Waals surface area contributed by atoms with E-state index in [1.165, 1.54) is 10.8 Å². The van der Waals surface area contributed by atoms with Gasteiger partial charge in [-0.15, -0.1) is 0 Å². The van der Waals surface area contributed by atoms with Crippen molar-refractivity contribution >= 4 is 29.7 Å². The highest BCUT2D eigenvalue weighted by atomic mass is 32.9. The predicted octanol–water partition coefficient (Wildman–Crippen LogP) is -0.726. The lowest BCUT2D eigenvalue weighted by Gasteiger charge is -2.27. The average Bonchev–Trinajstić information content (AvgIpc) is 2.74. The minimum atomic E-state index is -3.33. The van der Waals surface area contributed by atoms with E-state index >= 15 is 0 Å². The Morgan fingerprint density at radius 2 is 2.33 bits per heavy atom. The Morgan fingerprint density at radius 3 is 2.90 bits per heavy atom. The van der Waals surface area contributed by atoms with Crippen molar-refractivity contribution in [2.75, 3.05) is 6.61 Å². The van der Waals surface area contributed by atoms with Crippen LogP contribution in [0.25, 0.3) is 0 Å². The van der Waals surface area contributed by atoms with Gasteiger partial charge < -0.3 is 31.5 Å². The lowest BCUT2D eigenvalue weighted by molar-refractivity contribution is -0.0416. The number of aromatic nitrogens is 2. The van der Waals surface area contributed by atoms with Crippen molar-refractivity contribution in [3.05, 3.63) is 32.6 Å². The van der Waals surface area contributed by atoms with Crippen LogP contribution in [0.15, 0.2) is 15.8 Å². The van der Waals surface area contributed by atoms with Crippen molar-refractivity contribution in [3.8, 4) is 0 Å². The van der Waals surface area contributed by atoms with Crippen LogP contribution in [0.5, 0.6) is 0 Å². The van der Waals surface area contributed by atoms with Crippen LogP contribution in [0.1, 0.15) is 18.2 Å². The molecule has 3 N–H and O–H groups in total. The fourth-order valence-corrected chi connectivity index (χ4v) is 3.34. The highest BCUT2D eigenvalue weighted by Gasteiger charge is 2.38. The summed E-state index contributed by atoms with van der Waals surface area (Å²) in [4.78, 5) is 34.8. The van der Waals surface area contributed by atoms with Crippen LogP contribution in [0, 0.1) is 6.92 Å². The second-order valence-electron chi connectivity index (χ2n) is 4.64. The Morgan fingerprint density at radius 1 is 1.67 bits per heavy atom. The van der Waals surface area contributed by atoms with Gasteiger partial charge in [0.05, 0.1) is 18.4 Å². The smallest absolute Gasteiger partial charge is 0.330 e. The molecule has 1 aliphatic rings. The number of aryl methyl sites for hydroxylation is 1. The van der Waals surface area contributed by atoms with E-state index in [0.29, 0.717) is 5.56 Å². The fourth-order valence-electron chi connectivity index (χ4n) is 2.12. The highest BCUT2D eigenvalue weighted by Crippen LogP contribution is 2.45. The summed E-state index contributed by atoms with van der Waals surface area (Å²) in [5.74, 6) is 0. The van der Waals surface area contributed by atoms with E-state index in [9.17, 15) is 19.6 Å². The molecule has 1 aromatic heterocycles. The van der Waals surface area contributed by atoms with E-state index in [1.807, 2.05) is 0 Å². The zero-order valence-corrected chi connectivity index (χ0v) is 13.5. The molecule has 1 aromatic rings. The Balaban J connectivity index is 2.27. The molecule has 0 aliphatic carbocycles. The van der Waals surface area contributed by atoms with Gasteiger partial charge in [-0.1, -0.05) is 11.8 Å². The molecule has 0 spiro atoms. The first-order valence-electron chi connectivity index (χ1n) is 6.02. The molecule has 118 valence electrons. The predicted molar refractivity (Wildman–Crippen MR) is 80.4 cm³/mol. The number of rotatable bonds is 4. The van der Waals surface area contributed by atoms with Gasteiger partial charge in [-0.25, -0.2) is 4.79 Å². The number of nitrogens with one attached hydrogen (secondary N) is 1. The zero-order chi connectivity index (χ0) is 15.8. The summed E-state index contributed by atoms with van der Waals surface area (Å²) in [6.07, 6.45) is -0.678. The lowest BCUT2D eigenvalue weighted by atomic mass is 10.2. The molecule has 1 fully saturated rings. The molecule has 0 radical (unpaired) electrons. The lowest BCUT2D eigenvalue weighted by Crippen LogP contribution is -2.33. The molecule has 0 aromatic carbocycles. The normalized spacial score (nSPS) is 28.5. The third-order valence-electron chi connectivity index (χ3n) is 3.09. The van der Waals surface area contributed by atoms with Crippen LogP contribution >= 0.6 is 5.69 Å². The number of nitrogens with zero attached hydrogens (tertiary/aromatic N) is 1. The van der Waals surface area contributed by atoms with Crippen LogP contribution in [0.3, 0.4) is 0 Å². The van der Waals surface area contributed by atoms with Crippen molar-refractivity contribution in [2.45, 2.75) is 31.8 Å². The van der Waals surface area contributed by atoms with Gasteiger partial charge in [0.2, 0.25) is 0 Å². The molecular weight excluding hydrogens is 339 g/mol. The minimum Gasteiger partial charge on any atom is -0.692 e. The molecule has 2 heterocycles. The third-order valence-corrected chi connectivity index (χ3v) is 4.14. The summed E-state index contributed by atoms with van der Waals surface area (Å²) >= 11 is 9.29. The third kappa shape index (κ3) is 4.04. The summed E-state index contributed by atoms with van der Waals surface area (Å²) in [6, 6.07) is 0. The van der Waals surface area contributed by atoms with E-state index in [4.69, 9.17) is 9.26 Å². The van der Waals surface area contributed by atoms with Crippen LogP contribution in [0.2, 0.25) is 0 Å². The number of hydrogen-bond donors (Lipinski definition) is 3. The van der Waals surface area contributed by atoms with Crippen molar-refractivity contribution in [3.63, 3.8) is 0 Å². The summed E-state index contributed by atoms with van der Waals surface area (Å²) in [6.45, 7) is 1.18. The molecule has 0 amide bonds. The number of ether oxygens (including phenoxy) is 1. The molecule has 1 aliphatic heterocycles. The van der Waals surface area contributed by atoms with Crippen molar-refractivity contribution in [1.82, 2.24) is 9.55 Å². The molecule has 8 nitrogen and oxygen atoms in total. The number of aliphatic hydroxyl groups is 1.